The quantitative estimate of drug-likeness (QED) is 0.616. The third kappa shape index (κ3) is 3.01. The molecule has 2 atom stereocenters. The molecular formula is C22H20N2O6. The van der Waals surface area contributed by atoms with Gasteiger partial charge in [-0.15, -0.1) is 0 Å². The molecule has 30 heavy (non-hydrogen) atoms. The number of hydrogen-bond donors (Lipinski definition) is 0. The molecule has 2 unspecified atom stereocenters. The van der Waals surface area contributed by atoms with Crippen LogP contribution in [0.4, 0.5) is 5.69 Å². The number of nitrogens with zero attached hydrogens (tertiary/aromatic N) is 2. The standard InChI is InChI=1S/C22H20N2O6/c1-11(24-16-7-5-14(12(2)25)10-19(16)30-22(24)28)20(26)15-6-8-18-17(9-15)23(4)21(27)13(3)29-18/h5-11,13H,1-4H3. The number of anilines is 1. The van der Waals surface area contributed by atoms with E-state index in [4.69, 9.17) is 9.15 Å². The van der Waals surface area contributed by atoms with Crippen LogP contribution < -0.4 is 15.4 Å². The van der Waals surface area contributed by atoms with Crippen molar-refractivity contribution >= 4 is 34.3 Å². The minimum atomic E-state index is -0.857. The van der Waals surface area contributed by atoms with Gasteiger partial charge in [-0.25, -0.2) is 4.79 Å². The smallest absolute Gasteiger partial charge is 0.420 e. The molecule has 1 aromatic heterocycles. The maximum Gasteiger partial charge on any atom is 0.420 e. The fourth-order valence-electron chi connectivity index (χ4n) is 3.65. The van der Waals surface area contributed by atoms with Crippen molar-refractivity contribution in [1.82, 2.24) is 4.57 Å². The number of ketones is 2. The fraction of sp³-hybridized carbons (Fsp3) is 0.273. The lowest BCUT2D eigenvalue weighted by molar-refractivity contribution is -0.125. The molecule has 0 N–H and O–H groups in total. The SMILES string of the molecule is CC(=O)c1ccc2c(c1)oc(=O)n2C(C)C(=O)c1ccc2c(c1)N(C)C(=O)C(C)O2. The van der Waals surface area contributed by atoms with Crippen molar-refractivity contribution in [2.24, 2.45) is 0 Å². The number of ether oxygens (including phenoxy) is 1. The van der Waals surface area contributed by atoms with Gasteiger partial charge in [0, 0.05) is 18.2 Å². The van der Waals surface area contributed by atoms with E-state index in [0.29, 0.717) is 28.1 Å². The molecule has 2 heterocycles. The van der Waals surface area contributed by atoms with Gasteiger partial charge in [0.15, 0.2) is 23.3 Å². The third-order valence-corrected chi connectivity index (χ3v) is 5.37. The van der Waals surface area contributed by atoms with Crippen molar-refractivity contribution in [3.05, 3.63) is 58.1 Å². The summed E-state index contributed by atoms with van der Waals surface area (Å²) < 4.78 is 12.1. The third-order valence-electron chi connectivity index (χ3n) is 5.37. The average Bonchev–Trinajstić information content (AvgIpc) is 3.05. The molecule has 3 aromatic rings. The lowest BCUT2D eigenvalue weighted by atomic mass is 10.0. The highest BCUT2D eigenvalue weighted by Gasteiger charge is 2.30. The molecule has 154 valence electrons. The molecule has 4 rings (SSSR count). The van der Waals surface area contributed by atoms with Gasteiger partial charge in [0.25, 0.3) is 5.91 Å². The maximum absolute atomic E-state index is 13.2. The van der Waals surface area contributed by atoms with Crippen molar-refractivity contribution in [2.75, 3.05) is 11.9 Å². The molecule has 0 aliphatic carbocycles. The molecule has 8 heteroatoms. The Bertz CT molecular complexity index is 1270. The lowest BCUT2D eigenvalue weighted by Crippen LogP contribution is -2.42. The number of Topliss-reactive ketones (excluding diaryl/α,β-unsaturated/α-hetero) is 2. The van der Waals surface area contributed by atoms with E-state index in [0.717, 1.165) is 0 Å². The van der Waals surface area contributed by atoms with E-state index in [1.54, 1.807) is 51.2 Å². The largest absolute Gasteiger partial charge is 0.479 e. The molecule has 0 saturated heterocycles. The van der Waals surface area contributed by atoms with Gasteiger partial charge < -0.3 is 14.1 Å². The number of amides is 1. The van der Waals surface area contributed by atoms with Gasteiger partial charge in [-0.3, -0.25) is 19.0 Å². The van der Waals surface area contributed by atoms with Crippen LogP contribution in [-0.4, -0.2) is 35.2 Å². The highest BCUT2D eigenvalue weighted by Crippen LogP contribution is 2.35. The van der Waals surface area contributed by atoms with Crippen molar-refractivity contribution in [3.8, 4) is 5.75 Å². The first kappa shape index (κ1) is 19.6. The predicted molar refractivity (Wildman–Crippen MR) is 109 cm³/mol. The monoisotopic (exact) mass is 408 g/mol. The van der Waals surface area contributed by atoms with E-state index in [1.807, 2.05) is 0 Å². The zero-order valence-corrected chi connectivity index (χ0v) is 17.0. The lowest BCUT2D eigenvalue weighted by Gasteiger charge is -2.30. The van der Waals surface area contributed by atoms with Gasteiger partial charge in [-0.05, 0) is 57.2 Å². The van der Waals surface area contributed by atoms with Gasteiger partial charge in [0.05, 0.1) is 11.2 Å². The van der Waals surface area contributed by atoms with E-state index in [2.05, 4.69) is 0 Å². The highest BCUT2D eigenvalue weighted by molar-refractivity contribution is 6.04. The summed E-state index contributed by atoms with van der Waals surface area (Å²) in [6.07, 6.45) is -0.598. The second-order valence-corrected chi connectivity index (χ2v) is 7.36. The Morgan fingerprint density at radius 1 is 1.07 bits per heavy atom. The van der Waals surface area contributed by atoms with E-state index >= 15 is 0 Å². The molecule has 1 amide bonds. The van der Waals surface area contributed by atoms with Crippen LogP contribution in [0.25, 0.3) is 11.1 Å². The summed E-state index contributed by atoms with van der Waals surface area (Å²) in [6, 6.07) is 8.65. The van der Waals surface area contributed by atoms with Crippen LogP contribution in [0.15, 0.2) is 45.6 Å². The van der Waals surface area contributed by atoms with E-state index < -0.39 is 17.9 Å². The summed E-state index contributed by atoms with van der Waals surface area (Å²) in [5.41, 5.74) is 1.91. The number of benzene rings is 2. The number of carbonyl (C=O) groups excluding carboxylic acids is 3. The second-order valence-electron chi connectivity index (χ2n) is 7.36. The normalized spacial score (nSPS) is 16.9. The van der Waals surface area contributed by atoms with E-state index in [-0.39, 0.29) is 23.1 Å². The van der Waals surface area contributed by atoms with Crippen LogP contribution >= 0.6 is 0 Å². The molecular weight excluding hydrogens is 388 g/mol. The number of fused-ring (bicyclic) bond motifs is 2. The maximum atomic E-state index is 13.2. The number of aromatic nitrogens is 1. The van der Waals surface area contributed by atoms with Gasteiger partial charge in [0.1, 0.15) is 11.8 Å². The number of hydrogen-bond acceptors (Lipinski definition) is 6. The second kappa shape index (κ2) is 6.98. The van der Waals surface area contributed by atoms with Crippen LogP contribution in [0.2, 0.25) is 0 Å². The molecule has 0 saturated carbocycles. The molecule has 8 nitrogen and oxygen atoms in total. The van der Waals surface area contributed by atoms with Crippen LogP contribution in [0.5, 0.6) is 5.75 Å². The summed E-state index contributed by atoms with van der Waals surface area (Å²) >= 11 is 0. The van der Waals surface area contributed by atoms with Crippen LogP contribution in [0.3, 0.4) is 0 Å². The Labute approximate surface area is 171 Å². The number of oxazole rings is 1. The Hall–Kier alpha value is -3.68. The zero-order valence-electron chi connectivity index (χ0n) is 17.0. The summed E-state index contributed by atoms with van der Waals surface area (Å²) in [5, 5.41) is 0. The number of carbonyl (C=O) groups is 3. The number of likely N-dealkylation sites (N-methyl/N-ethyl adjacent to an activating group) is 1. The topological polar surface area (TPSA) is 98.8 Å². The minimum absolute atomic E-state index is 0.152. The van der Waals surface area contributed by atoms with Crippen molar-refractivity contribution in [1.29, 1.82) is 0 Å². The zero-order chi connectivity index (χ0) is 21.7. The van der Waals surface area contributed by atoms with Gasteiger partial charge in [-0.1, -0.05) is 0 Å². The van der Waals surface area contributed by atoms with E-state index in [9.17, 15) is 19.2 Å². The van der Waals surface area contributed by atoms with Crippen molar-refractivity contribution in [3.63, 3.8) is 0 Å². The highest BCUT2D eigenvalue weighted by atomic mass is 16.5. The first-order chi connectivity index (χ1) is 14.2. The van der Waals surface area contributed by atoms with Gasteiger partial charge in [0.2, 0.25) is 0 Å². The van der Waals surface area contributed by atoms with Crippen molar-refractivity contribution < 1.29 is 23.5 Å². The molecule has 0 radical (unpaired) electrons. The first-order valence-corrected chi connectivity index (χ1v) is 9.47. The van der Waals surface area contributed by atoms with E-state index in [1.165, 1.54) is 22.5 Å². The fourth-order valence-corrected chi connectivity index (χ4v) is 3.65. The van der Waals surface area contributed by atoms with Crippen LogP contribution in [-0.2, 0) is 4.79 Å². The Morgan fingerprint density at radius 3 is 2.47 bits per heavy atom. The molecule has 0 bridgehead atoms. The van der Waals surface area contributed by atoms with Gasteiger partial charge in [-0.2, -0.15) is 0 Å². The summed E-state index contributed by atoms with van der Waals surface area (Å²) in [5.74, 6) is -0.859. The molecule has 0 fully saturated rings. The van der Waals surface area contributed by atoms with Crippen LogP contribution in [0, 0.1) is 0 Å². The minimum Gasteiger partial charge on any atom is -0.479 e. The van der Waals surface area contributed by atoms with Gasteiger partial charge >= 0.3 is 5.76 Å². The molecule has 2 aromatic carbocycles. The number of rotatable bonds is 4. The van der Waals surface area contributed by atoms with Crippen LogP contribution in [0.1, 0.15) is 47.5 Å². The first-order valence-electron chi connectivity index (χ1n) is 9.47. The summed E-state index contributed by atoms with van der Waals surface area (Å²) in [6.45, 7) is 4.69. The summed E-state index contributed by atoms with van der Waals surface area (Å²) in [4.78, 5) is 50.8. The summed E-state index contributed by atoms with van der Waals surface area (Å²) in [7, 11) is 1.62. The Morgan fingerprint density at radius 2 is 1.77 bits per heavy atom. The molecule has 1 aliphatic heterocycles. The molecule has 1 aliphatic rings. The molecule has 0 spiro atoms. The Balaban J connectivity index is 1.73. The predicted octanol–water partition coefficient (Wildman–Crippen LogP) is 2.98. The van der Waals surface area contributed by atoms with Crippen molar-refractivity contribution in [2.45, 2.75) is 32.9 Å². The Kier molecular flexibility index (Phi) is 4.57. The average molecular weight is 408 g/mol.